The standard InChI is InChI=1S/C15H31N3O/c1-7-8-13-15(19)18(14(16-13)11(2)3)10-9-17(6)12(4)5/h11-14,16H,7-10H2,1-6H3. The highest BCUT2D eigenvalue weighted by atomic mass is 16.2. The number of likely N-dealkylation sites (N-methyl/N-ethyl adjacent to an activating group) is 1. The minimum atomic E-state index is 0.0294. The molecular formula is C15H31N3O. The average Bonchev–Trinajstić information content (AvgIpc) is 2.64. The van der Waals surface area contributed by atoms with Gasteiger partial charge in [0.1, 0.15) is 0 Å². The Balaban J connectivity index is 2.64. The van der Waals surface area contributed by atoms with Gasteiger partial charge in [-0.05, 0) is 33.2 Å². The third-order valence-electron chi connectivity index (χ3n) is 4.07. The fraction of sp³-hybridized carbons (Fsp3) is 0.933. The molecule has 0 aromatic carbocycles. The summed E-state index contributed by atoms with van der Waals surface area (Å²) < 4.78 is 0. The Hall–Kier alpha value is -0.610. The molecule has 112 valence electrons. The zero-order valence-electron chi connectivity index (χ0n) is 13.4. The number of hydrogen-bond donors (Lipinski definition) is 1. The number of carbonyl (C=O) groups excluding carboxylic acids is 1. The first-order valence-electron chi connectivity index (χ1n) is 7.65. The second-order valence-corrected chi connectivity index (χ2v) is 6.30. The fourth-order valence-electron chi connectivity index (χ4n) is 2.53. The highest BCUT2D eigenvalue weighted by Crippen LogP contribution is 2.20. The minimum absolute atomic E-state index is 0.0294. The van der Waals surface area contributed by atoms with Gasteiger partial charge >= 0.3 is 0 Å². The van der Waals surface area contributed by atoms with E-state index in [0.717, 1.165) is 25.9 Å². The van der Waals surface area contributed by atoms with Crippen molar-refractivity contribution in [3.63, 3.8) is 0 Å². The van der Waals surface area contributed by atoms with E-state index in [1.807, 2.05) is 4.90 Å². The molecule has 0 saturated carbocycles. The van der Waals surface area contributed by atoms with Gasteiger partial charge < -0.3 is 9.80 Å². The molecule has 4 nitrogen and oxygen atoms in total. The highest BCUT2D eigenvalue weighted by molar-refractivity contribution is 5.84. The number of amides is 1. The van der Waals surface area contributed by atoms with Gasteiger partial charge in [-0.3, -0.25) is 10.1 Å². The van der Waals surface area contributed by atoms with Crippen molar-refractivity contribution in [2.75, 3.05) is 20.1 Å². The summed E-state index contributed by atoms with van der Waals surface area (Å²) in [6, 6.07) is 0.552. The molecule has 1 N–H and O–H groups in total. The molecule has 1 aliphatic rings. The monoisotopic (exact) mass is 269 g/mol. The maximum atomic E-state index is 12.4. The molecule has 0 spiro atoms. The SMILES string of the molecule is CCCC1NC(C(C)C)N(CCN(C)C(C)C)C1=O. The Morgan fingerprint density at radius 3 is 2.42 bits per heavy atom. The Bertz CT molecular complexity index is 291. The first-order valence-corrected chi connectivity index (χ1v) is 7.65. The molecule has 1 aliphatic heterocycles. The van der Waals surface area contributed by atoms with E-state index >= 15 is 0 Å². The lowest BCUT2D eigenvalue weighted by Crippen LogP contribution is -2.45. The molecule has 1 saturated heterocycles. The van der Waals surface area contributed by atoms with Gasteiger partial charge in [0.2, 0.25) is 5.91 Å². The van der Waals surface area contributed by atoms with Crippen LogP contribution in [0.2, 0.25) is 0 Å². The van der Waals surface area contributed by atoms with Crippen LogP contribution in [0, 0.1) is 5.92 Å². The lowest BCUT2D eigenvalue weighted by atomic mass is 10.1. The molecule has 1 amide bonds. The molecule has 2 unspecified atom stereocenters. The van der Waals surface area contributed by atoms with Crippen LogP contribution in [0.15, 0.2) is 0 Å². The summed E-state index contributed by atoms with van der Waals surface area (Å²) in [4.78, 5) is 16.8. The van der Waals surface area contributed by atoms with Crippen molar-refractivity contribution >= 4 is 5.91 Å². The summed E-state index contributed by atoms with van der Waals surface area (Å²) in [6.45, 7) is 12.6. The summed E-state index contributed by atoms with van der Waals surface area (Å²) in [7, 11) is 2.12. The lowest BCUT2D eigenvalue weighted by molar-refractivity contribution is -0.130. The van der Waals surface area contributed by atoms with Crippen molar-refractivity contribution in [1.29, 1.82) is 0 Å². The molecule has 0 aliphatic carbocycles. The van der Waals surface area contributed by atoms with Crippen LogP contribution in [0.5, 0.6) is 0 Å². The zero-order valence-corrected chi connectivity index (χ0v) is 13.4. The smallest absolute Gasteiger partial charge is 0.241 e. The molecule has 4 heteroatoms. The lowest BCUT2D eigenvalue weighted by Gasteiger charge is -2.30. The van der Waals surface area contributed by atoms with Gasteiger partial charge in [0.25, 0.3) is 0 Å². The molecule has 1 rings (SSSR count). The summed E-state index contributed by atoms with van der Waals surface area (Å²) in [5, 5.41) is 3.50. The summed E-state index contributed by atoms with van der Waals surface area (Å²) in [5.41, 5.74) is 0. The predicted octanol–water partition coefficient (Wildman–Crippen LogP) is 1.91. The molecule has 0 aromatic rings. The van der Waals surface area contributed by atoms with Gasteiger partial charge in [0.15, 0.2) is 0 Å². The van der Waals surface area contributed by atoms with Crippen LogP contribution in [0.25, 0.3) is 0 Å². The van der Waals surface area contributed by atoms with Crippen molar-refractivity contribution in [2.24, 2.45) is 5.92 Å². The topological polar surface area (TPSA) is 35.6 Å². The van der Waals surface area contributed by atoms with Crippen molar-refractivity contribution < 1.29 is 4.79 Å². The maximum Gasteiger partial charge on any atom is 0.241 e. The number of rotatable bonds is 7. The van der Waals surface area contributed by atoms with E-state index in [1.165, 1.54) is 0 Å². The summed E-state index contributed by atoms with van der Waals surface area (Å²) >= 11 is 0. The van der Waals surface area contributed by atoms with Gasteiger partial charge in [-0.15, -0.1) is 0 Å². The summed E-state index contributed by atoms with van der Waals surface area (Å²) in [6.07, 6.45) is 2.19. The average molecular weight is 269 g/mol. The van der Waals surface area contributed by atoms with Gasteiger partial charge in [-0.25, -0.2) is 0 Å². The number of hydrogen-bond acceptors (Lipinski definition) is 3. The molecule has 0 aromatic heterocycles. The Kier molecular flexibility index (Phi) is 6.27. The molecule has 2 atom stereocenters. The molecule has 1 heterocycles. The van der Waals surface area contributed by atoms with E-state index in [0.29, 0.717) is 12.0 Å². The second kappa shape index (κ2) is 7.25. The van der Waals surface area contributed by atoms with Crippen LogP contribution in [-0.2, 0) is 4.79 Å². The van der Waals surface area contributed by atoms with Crippen LogP contribution >= 0.6 is 0 Å². The van der Waals surface area contributed by atoms with E-state index in [-0.39, 0.29) is 18.1 Å². The van der Waals surface area contributed by atoms with E-state index in [1.54, 1.807) is 0 Å². The van der Waals surface area contributed by atoms with Crippen molar-refractivity contribution in [3.05, 3.63) is 0 Å². The van der Waals surface area contributed by atoms with E-state index in [9.17, 15) is 4.79 Å². The van der Waals surface area contributed by atoms with Crippen LogP contribution in [0.3, 0.4) is 0 Å². The quantitative estimate of drug-likeness (QED) is 0.767. The normalized spacial score (nSPS) is 24.3. The first-order chi connectivity index (χ1) is 8.88. The molecule has 0 radical (unpaired) electrons. The molecule has 19 heavy (non-hydrogen) atoms. The molecule has 0 bridgehead atoms. The van der Waals surface area contributed by atoms with Crippen molar-refractivity contribution in [1.82, 2.24) is 15.1 Å². The number of nitrogens with zero attached hydrogens (tertiary/aromatic N) is 2. The fourth-order valence-corrected chi connectivity index (χ4v) is 2.53. The molecule has 1 fully saturated rings. The third kappa shape index (κ3) is 4.18. The Morgan fingerprint density at radius 2 is 1.95 bits per heavy atom. The third-order valence-corrected chi connectivity index (χ3v) is 4.07. The van der Waals surface area contributed by atoms with Crippen molar-refractivity contribution in [2.45, 2.75) is 65.7 Å². The van der Waals surface area contributed by atoms with E-state index < -0.39 is 0 Å². The van der Waals surface area contributed by atoms with Crippen LogP contribution in [0.1, 0.15) is 47.5 Å². The van der Waals surface area contributed by atoms with E-state index in [2.05, 4.69) is 51.9 Å². The zero-order chi connectivity index (χ0) is 14.6. The molecular weight excluding hydrogens is 238 g/mol. The predicted molar refractivity (Wildman–Crippen MR) is 79.9 cm³/mol. The van der Waals surface area contributed by atoms with Crippen LogP contribution < -0.4 is 5.32 Å². The van der Waals surface area contributed by atoms with Gasteiger partial charge in [-0.2, -0.15) is 0 Å². The van der Waals surface area contributed by atoms with Gasteiger partial charge in [0.05, 0.1) is 12.2 Å². The largest absolute Gasteiger partial charge is 0.324 e. The second-order valence-electron chi connectivity index (χ2n) is 6.30. The first kappa shape index (κ1) is 16.4. The number of carbonyl (C=O) groups is 1. The Labute approximate surface area is 118 Å². The van der Waals surface area contributed by atoms with Crippen molar-refractivity contribution in [3.8, 4) is 0 Å². The maximum absolute atomic E-state index is 12.4. The highest BCUT2D eigenvalue weighted by Gasteiger charge is 2.39. The van der Waals surface area contributed by atoms with E-state index in [4.69, 9.17) is 0 Å². The summed E-state index contributed by atoms with van der Waals surface area (Å²) in [5.74, 6) is 0.743. The van der Waals surface area contributed by atoms with Gasteiger partial charge in [-0.1, -0.05) is 27.2 Å². The number of nitrogens with one attached hydrogen (secondary N) is 1. The van der Waals surface area contributed by atoms with Crippen LogP contribution in [0.4, 0.5) is 0 Å². The van der Waals surface area contributed by atoms with Crippen LogP contribution in [-0.4, -0.2) is 54.1 Å². The van der Waals surface area contributed by atoms with Gasteiger partial charge in [0, 0.05) is 19.1 Å². The Morgan fingerprint density at radius 1 is 1.32 bits per heavy atom. The minimum Gasteiger partial charge on any atom is -0.324 e.